The van der Waals surface area contributed by atoms with E-state index in [-0.39, 0.29) is 11.4 Å². The normalized spacial score (nSPS) is 13.5. The van der Waals surface area contributed by atoms with E-state index in [9.17, 15) is 22.7 Å². The van der Waals surface area contributed by atoms with Gasteiger partial charge in [-0.1, -0.05) is 12.1 Å². The Morgan fingerprint density at radius 1 is 1.33 bits per heavy atom. The fourth-order valence-corrected chi connectivity index (χ4v) is 1.51. The van der Waals surface area contributed by atoms with Gasteiger partial charge in [-0.3, -0.25) is 0 Å². The van der Waals surface area contributed by atoms with Gasteiger partial charge < -0.3 is 9.84 Å². The van der Waals surface area contributed by atoms with Gasteiger partial charge in [0.2, 0.25) is 5.82 Å². The fourth-order valence-electron chi connectivity index (χ4n) is 1.51. The molecule has 0 aliphatic heterocycles. The lowest BCUT2D eigenvalue weighted by atomic mass is 10.1. The first kappa shape index (κ1) is 15.2. The summed E-state index contributed by atoms with van der Waals surface area (Å²) in [4.78, 5) is 1.10. The molecule has 0 saturated heterocycles. The van der Waals surface area contributed by atoms with Crippen LogP contribution in [0.15, 0.2) is 24.3 Å². The number of ether oxygens (including phenoxy) is 1. The summed E-state index contributed by atoms with van der Waals surface area (Å²) >= 11 is 0. The fraction of sp³-hybridized carbons (Fsp3) is 0.364. The van der Waals surface area contributed by atoms with E-state index in [0.717, 1.165) is 16.9 Å². The average molecular weight is 306 g/mol. The molecule has 1 heterocycles. The molecule has 0 saturated carbocycles. The standard InChI is InChI=1S/C11H10F4N4O2/c1-19-17-9(16-18-19)8(20)6-3-2-4-7(5-6)21-11(14,15)10(12)13/h2-5,8,10,20H,1H3. The molecule has 0 fully saturated rings. The Morgan fingerprint density at radius 3 is 2.62 bits per heavy atom. The first-order valence-electron chi connectivity index (χ1n) is 5.66. The largest absolute Gasteiger partial charge is 0.461 e. The first-order valence-corrected chi connectivity index (χ1v) is 5.66. The van der Waals surface area contributed by atoms with Crippen molar-refractivity contribution in [2.24, 2.45) is 7.05 Å². The van der Waals surface area contributed by atoms with Crippen LogP contribution in [0.3, 0.4) is 0 Å². The number of aryl methyl sites for hydroxylation is 1. The van der Waals surface area contributed by atoms with Gasteiger partial charge in [0.1, 0.15) is 11.9 Å². The lowest BCUT2D eigenvalue weighted by Crippen LogP contribution is -2.33. The van der Waals surface area contributed by atoms with E-state index in [1.165, 1.54) is 19.2 Å². The van der Waals surface area contributed by atoms with Crippen LogP contribution >= 0.6 is 0 Å². The van der Waals surface area contributed by atoms with E-state index in [0.29, 0.717) is 0 Å². The van der Waals surface area contributed by atoms with E-state index in [4.69, 9.17) is 0 Å². The molecule has 0 aliphatic rings. The molecule has 1 atom stereocenters. The zero-order valence-electron chi connectivity index (χ0n) is 10.6. The van der Waals surface area contributed by atoms with Gasteiger partial charge in [-0.2, -0.15) is 22.4 Å². The minimum atomic E-state index is -4.62. The molecule has 10 heteroatoms. The summed E-state index contributed by atoms with van der Waals surface area (Å²) in [5, 5.41) is 20.8. The van der Waals surface area contributed by atoms with Crippen LogP contribution in [0.5, 0.6) is 5.75 Å². The molecular weight excluding hydrogens is 296 g/mol. The number of benzene rings is 1. The topological polar surface area (TPSA) is 73.1 Å². The molecule has 0 amide bonds. The number of alkyl halides is 4. The maximum atomic E-state index is 12.8. The molecular formula is C11H10F4N4O2. The maximum Gasteiger partial charge on any atom is 0.461 e. The molecule has 0 spiro atoms. The molecule has 6 nitrogen and oxygen atoms in total. The molecule has 1 aromatic carbocycles. The molecule has 1 aromatic heterocycles. The SMILES string of the molecule is Cn1nnc(C(O)c2cccc(OC(F)(F)C(F)F)c2)n1. The number of aliphatic hydroxyl groups excluding tert-OH is 1. The summed E-state index contributed by atoms with van der Waals surface area (Å²) in [5.74, 6) is -0.573. The second kappa shape index (κ2) is 5.64. The molecule has 2 rings (SSSR count). The Morgan fingerprint density at radius 2 is 2.05 bits per heavy atom. The number of aromatic nitrogens is 4. The third kappa shape index (κ3) is 3.45. The number of hydrogen-bond acceptors (Lipinski definition) is 5. The smallest absolute Gasteiger partial charge is 0.428 e. The highest BCUT2D eigenvalue weighted by Gasteiger charge is 2.44. The zero-order valence-corrected chi connectivity index (χ0v) is 10.6. The number of rotatable bonds is 5. The summed E-state index contributed by atoms with van der Waals surface area (Å²) in [6.07, 6.45) is -9.93. The van der Waals surface area contributed by atoms with Crippen molar-refractivity contribution in [1.29, 1.82) is 0 Å². The van der Waals surface area contributed by atoms with Gasteiger partial charge in [-0.15, -0.1) is 10.2 Å². The van der Waals surface area contributed by atoms with E-state index in [1.807, 2.05) is 0 Å². The molecule has 0 aliphatic carbocycles. The molecule has 0 radical (unpaired) electrons. The van der Waals surface area contributed by atoms with Gasteiger partial charge in [0.15, 0.2) is 0 Å². The summed E-state index contributed by atoms with van der Waals surface area (Å²) in [6, 6.07) is 4.72. The summed E-state index contributed by atoms with van der Waals surface area (Å²) in [5.41, 5.74) is 0.102. The average Bonchev–Trinajstić information content (AvgIpc) is 2.84. The number of hydrogen-bond donors (Lipinski definition) is 1. The third-order valence-corrected chi connectivity index (χ3v) is 2.45. The highest BCUT2D eigenvalue weighted by molar-refractivity contribution is 5.32. The first-order chi connectivity index (χ1) is 9.79. The molecule has 114 valence electrons. The van der Waals surface area contributed by atoms with Crippen LogP contribution in [-0.4, -0.2) is 37.8 Å². The predicted octanol–water partition coefficient (Wildman–Crippen LogP) is 1.53. The van der Waals surface area contributed by atoms with E-state index in [1.54, 1.807) is 0 Å². The highest BCUT2D eigenvalue weighted by atomic mass is 19.3. The monoisotopic (exact) mass is 306 g/mol. The Bertz CT molecular complexity index is 620. The van der Waals surface area contributed by atoms with Crippen LogP contribution in [-0.2, 0) is 7.05 Å². The van der Waals surface area contributed by atoms with Crippen molar-refractivity contribution >= 4 is 0 Å². The van der Waals surface area contributed by atoms with Gasteiger partial charge in [-0.05, 0) is 22.9 Å². The van der Waals surface area contributed by atoms with Crippen molar-refractivity contribution in [3.8, 4) is 5.75 Å². The van der Waals surface area contributed by atoms with Crippen molar-refractivity contribution in [2.45, 2.75) is 18.6 Å². The molecule has 1 unspecified atom stereocenters. The molecule has 21 heavy (non-hydrogen) atoms. The van der Waals surface area contributed by atoms with Gasteiger partial charge in [0, 0.05) is 0 Å². The summed E-state index contributed by atoms with van der Waals surface area (Å²) in [6.45, 7) is 0. The predicted molar refractivity (Wildman–Crippen MR) is 60.9 cm³/mol. The van der Waals surface area contributed by atoms with E-state index in [2.05, 4.69) is 20.1 Å². The quantitative estimate of drug-likeness (QED) is 0.848. The maximum absolute atomic E-state index is 12.8. The Labute approximate surface area is 116 Å². The molecule has 1 N–H and O–H groups in total. The van der Waals surface area contributed by atoms with Crippen LogP contribution in [0.1, 0.15) is 17.5 Å². The lowest BCUT2D eigenvalue weighted by molar-refractivity contribution is -0.253. The van der Waals surface area contributed by atoms with Crippen molar-refractivity contribution in [3.05, 3.63) is 35.7 Å². The Hall–Kier alpha value is -2.23. The second-order valence-corrected chi connectivity index (χ2v) is 4.08. The number of nitrogens with zero attached hydrogens (tertiary/aromatic N) is 4. The summed E-state index contributed by atoms with van der Waals surface area (Å²) < 4.78 is 53.7. The van der Waals surface area contributed by atoms with Crippen LogP contribution < -0.4 is 4.74 Å². The minimum absolute atomic E-state index is 0.0599. The van der Waals surface area contributed by atoms with Crippen molar-refractivity contribution in [3.63, 3.8) is 0 Å². The van der Waals surface area contributed by atoms with E-state index >= 15 is 0 Å². The molecule has 0 bridgehead atoms. The van der Waals surface area contributed by atoms with Gasteiger partial charge in [0.25, 0.3) is 0 Å². The summed E-state index contributed by atoms with van der Waals surface area (Å²) in [7, 11) is 1.48. The number of tetrazole rings is 1. The van der Waals surface area contributed by atoms with Crippen LogP contribution in [0, 0.1) is 0 Å². The van der Waals surface area contributed by atoms with Crippen LogP contribution in [0.2, 0.25) is 0 Å². The number of aliphatic hydroxyl groups is 1. The van der Waals surface area contributed by atoms with Gasteiger partial charge in [0.05, 0.1) is 7.05 Å². The van der Waals surface area contributed by atoms with Crippen LogP contribution in [0.4, 0.5) is 17.6 Å². The molecule has 2 aromatic rings. The van der Waals surface area contributed by atoms with Gasteiger partial charge >= 0.3 is 12.5 Å². The second-order valence-electron chi connectivity index (χ2n) is 4.08. The lowest BCUT2D eigenvalue weighted by Gasteiger charge is -2.17. The van der Waals surface area contributed by atoms with Crippen molar-refractivity contribution < 1.29 is 27.4 Å². The minimum Gasteiger partial charge on any atom is -0.428 e. The van der Waals surface area contributed by atoms with Gasteiger partial charge in [-0.25, -0.2) is 0 Å². The highest BCUT2D eigenvalue weighted by Crippen LogP contribution is 2.29. The Kier molecular flexibility index (Phi) is 4.07. The Balaban J connectivity index is 2.21. The van der Waals surface area contributed by atoms with Crippen molar-refractivity contribution in [1.82, 2.24) is 20.2 Å². The van der Waals surface area contributed by atoms with Crippen molar-refractivity contribution in [2.75, 3.05) is 0 Å². The van der Waals surface area contributed by atoms with Crippen LogP contribution in [0.25, 0.3) is 0 Å². The van der Waals surface area contributed by atoms with E-state index < -0.39 is 24.4 Å². The number of halogens is 4. The third-order valence-electron chi connectivity index (χ3n) is 2.45. The zero-order chi connectivity index (χ0) is 15.6.